The number of hydrogen-bond acceptors (Lipinski definition) is 5. The van der Waals surface area contributed by atoms with Crippen molar-refractivity contribution < 1.29 is 28.2 Å². The van der Waals surface area contributed by atoms with Crippen molar-refractivity contribution >= 4 is 27.4 Å². The number of carboxylic acids is 1. The number of ether oxygens (including phenoxy) is 1. The van der Waals surface area contributed by atoms with Gasteiger partial charge in [-0.2, -0.15) is 0 Å². The molecular formula is C17H13ClO6S. The summed E-state index contributed by atoms with van der Waals surface area (Å²) in [5, 5.41) is 18.9. The number of sulfone groups is 1. The van der Waals surface area contributed by atoms with E-state index in [9.17, 15) is 18.3 Å². The number of phenols is 1. The first-order valence-electron chi connectivity index (χ1n) is 6.86. The Labute approximate surface area is 149 Å². The number of rotatable bonds is 4. The predicted octanol–water partition coefficient (Wildman–Crippen LogP) is 2.31. The fourth-order valence-electron chi connectivity index (χ4n) is 1.85. The average molecular weight is 381 g/mol. The van der Waals surface area contributed by atoms with Crippen LogP contribution in [0.2, 0.25) is 5.02 Å². The second-order valence-corrected chi connectivity index (χ2v) is 7.48. The van der Waals surface area contributed by atoms with Crippen LogP contribution in [0, 0.1) is 11.8 Å². The quantitative estimate of drug-likeness (QED) is 0.789. The highest BCUT2D eigenvalue weighted by molar-refractivity contribution is 7.90. The van der Waals surface area contributed by atoms with Crippen molar-refractivity contribution in [2.75, 3.05) is 12.9 Å². The third-order valence-electron chi connectivity index (χ3n) is 3.02. The monoisotopic (exact) mass is 380 g/mol. The highest BCUT2D eigenvalue weighted by atomic mass is 35.5. The van der Waals surface area contributed by atoms with Crippen molar-refractivity contribution in [1.29, 1.82) is 0 Å². The molecule has 0 fully saturated rings. The van der Waals surface area contributed by atoms with E-state index in [-0.39, 0.29) is 22.0 Å². The number of phenolic OH excluding ortho intramolecular Hbond substituents is 1. The molecule has 2 aromatic rings. The maximum Gasteiger partial charge on any atom is 0.341 e. The lowest BCUT2D eigenvalue weighted by atomic mass is 10.1. The summed E-state index contributed by atoms with van der Waals surface area (Å²) in [5.41, 5.74) is 0.407. The van der Waals surface area contributed by atoms with Crippen LogP contribution < -0.4 is 4.74 Å². The molecule has 0 atom stereocenters. The molecule has 0 spiro atoms. The molecule has 0 saturated heterocycles. The Morgan fingerprint density at radius 1 is 1.16 bits per heavy atom. The molecule has 0 saturated carbocycles. The Hall–Kier alpha value is -2.69. The summed E-state index contributed by atoms with van der Waals surface area (Å²) < 4.78 is 28.3. The zero-order valence-electron chi connectivity index (χ0n) is 13.0. The van der Waals surface area contributed by atoms with Gasteiger partial charge in [0.2, 0.25) is 0 Å². The average Bonchev–Trinajstić information content (AvgIpc) is 2.52. The second-order valence-electron chi connectivity index (χ2n) is 5.02. The molecule has 2 N–H and O–H groups in total. The standard InChI is InChI=1S/C17H13ClO6S/c1-25(22,23)14-5-6-15(19)11(9-14)2-3-12-8-13(18)4-7-16(12)24-10-17(20)21/h4-9,19H,10H2,1H3,(H,20,21). The zero-order chi connectivity index (χ0) is 18.6. The van der Waals surface area contributed by atoms with Gasteiger partial charge in [-0.3, -0.25) is 0 Å². The van der Waals surface area contributed by atoms with E-state index in [1.165, 1.54) is 36.4 Å². The Bertz CT molecular complexity index is 986. The first-order valence-corrected chi connectivity index (χ1v) is 9.13. The van der Waals surface area contributed by atoms with Gasteiger partial charge in [-0.25, -0.2) is 13.2 Å². The Morgan fingerprint density at radius 3 is 2.48 bits per heavy atom. The zero-order valence-corrected chi connectivity index (χ0v) is 14.6. The van der Waals surface area contributed by atoms with Gasteiger partial charge in [-0.05, 0) is 36.4 Å². The van der Waals surface area contributed by atoms with E-state index in [0.29, 0.717) is 10.6 Å². The molecule has 0 aliphatic rings. The molecule has 0 heterocycles. The minimum Gasteiger partial charge on any atom is -0.507 e. The molecule has 8 heteroatoms. The van der Waals surface area contributed by atoms with Crippen LogP contribution in [0.15, 0.2) is 41.3 Å². The topological polar surface area (TPSA) is 101 Å². The maximum atomic E-state index is 11.6. The fraction of sp³-hybridized carbons (Fsp3) is 0.118. The number of aliphatic carboxylic acids is 1. The lowest BCUT2D eigenvalue weighted by Crippen LogP contribution is -2.10. The summed E-state index contributed by atoms with van der Waals surface area (Å²) >= 11 is 5.91. The van der Waals surface area contributed by atoms with Crippen LogP contribution in [0.3, 0.4) is 0 Å². The van der Waals surface area contributed by atoms with Crippen molar-refractivity contribution in [2.24, 2.45) is 0 Å². The van der Waals surface area contributed by atoms with Crippen LogP contribution in [-0.4, -0.2) is 37.5 Å². The van der Waals surface area contributed by atoms with Crippen molar-refractivity contribution in [3.63, 3.8) is 0 Å². The number of carbonyl (C=O) groups is 1. The first-order chi connectivity index (χ1) is 11.7. The van der Waals surface area contributed by atoms with Crippen LogP contribution in [0.1, 0.15) is 11.1 Å². The SMILES string of the molecule is CS(=O)(=O)c1ccc(O)c(C#Cc2cc(Cl)ccc2OCC(=O)O)c1. The van der Waals surface area contributed by atoms with Crippen molar-refractivity contribution in [2.45, 2.75) is 4.90 Å². The van der Waals surface area contributed by atoms with E-state index in [1.54, 1.807) is 0 Å². The van der Waals surface area contributed by atoms with Crippen molar-refractivity contribution in [3.05, 3.63) is 52.5 Å². The molecule has 6 nitrogen and oxygen atoms in total. The summed E-state index contributed by atoms with van der Waals surface area (Å²) in [4.78, 5) is 10.6. The predicted molar refractivity (Wildman–Crippen MR) is 91.8 cm³/mol. The molecule has 0 aromatic heterocycles. The van der Waals surface area contributed by atoms with Gasteiger partial charge in [0, 0.05) is 11.3 Å². The summed E-state index contributed by atoms with van der Waals surface area (Å²) in [6.07, 6.45) is 1.05. The molecule has 130 valence electrons. The number of aromatic hydroxyl groups is 1. The van der Waals surface area contributed by atoms with Crippen LogP contribution >= 0.6 is 11.6 Å². The fourth-order valence-corrected chi connectivity index (χ4v) is 2.67. The van der Waals surface area contributed by atoms with Crippen LogP contribution in [0.5, 0.6) is 11.5 Å². The lowest BCUT2D eigenvalue weighted by Gasteiger charge is -2.06. The van der Waals surface area contributed by atoms with Gasteiger partial charge in [0.05, 0.1) is 16.0 Å². The third kappa shape index (κ3) is 5.14. The Kier molecular flexibility index (Phi) is 5.57. The molecule has 0 aliphatic heterocycles. The Balaban J connectivity index is 2.44. The van der Waals surface area contributed by atoms with Gasteiger partial charge in [0.25, 0.3) is 0 Å². The van der Waals surface area contributed by atoms with Gasteiger partial charge >= 0.3 is 5.97 Å². The van der Waals surface area contributed by atoms with Gasteiger partial charge in [0.1, 0.15) is 11.5 Å². The van der Waals surface area contributed by atoms with E-state index in [1.807, 2.05) is 0 Å². The molecule has 2 rings (SSSR count). The van der Waals surface area contributed by atoms with Gasteiger partial charge in [-0.1, -0.05) is 23.4 Å². The Morgan fingerprint density at radius 2 is 1.84 bits per heavy atom. The molecule has 0 aliphatic carbocycles. The van der Waals surface area contributed by atoms with Crippen LogP contribution in [0.4, 0.5) is 0 Å². The third-order valence-corrected chi connectivity index (χ3v) is 4.37. The highest BCUT2D eigenvalue weighted by Crippen LogP contribution is 2.24. The van der Waals surface area contributed by atoms with E-state index >= 15 is 0 Å². The van der Waals surface area contributed by atoms with Gasteiger partial charge < -0.3 is 14.9 Å². The van der Waals surface area contributed by atoms with Crippen molar-refractivity contribution in [3.8, 4) is 23.3 Å². The summed E-state index contributed by atoms with van der Waals surface area (Å²) in [5.74, 6) is 4.23. The minimum absolute atomic E-state index is 0.0167. The van der Waals surface area contributed by atoms with E-state index in [0.717, 1.165) is 6.26 Å². The smallest absolute Gasteiger partial charge is 0.341 e. The van der Waals surface area contributed by atoms with Gasteiger partial charge in [0.15, 0.2) is 16.4 Å². The minimum atomic E-state index is -3.45. The molecule has 0 bridgehead atoms. The number of benzene rings is 2. The molecule has 2 aromatic carbocycles. The second kappa shape index (κ2) is 7.47. The van der Waals surface area contributed by atoms with Crippen LogP contribution in [0.25, 0.3) is 0 Å². The number of hydrogen-bond donors (Lipinski definition) is 2. The molecule has 0 amide bonds. The van der Waals surface area contributed by atoms with Crippen molar-refractivity contribution in [1.82, 2.24) is 0 Å². The normalized spacial score (nSPS) is 10.6. The van der Waals surface area contributed by atoms with Gasteiger partial charge in [-0.15, -0.1) is 0 Å². The van der Waals surface area contributed by atoms with E-state index < -0.39 is 22.4 Å². The highest BCUT2D eigenvalue weighted by Gasteiger charge is 2.10. The van der Waals surface area contributed by atoms with E-state index in [4.69, 9.17) is 21.4 Å². The molecule has 0 unspecified atom stereocenters. The molecule has 0 radical (unpaired) electrons. The number of carboxylic acid groups (broad SMARTS) is 1. The summed E-state index contributed by atoms with van der Waals surface area (Å²) in [7, 11) is -3.45. The first kappa shape index (κ1) is 18.6. The largest absolute Gasteiger partial charge is 0.507 e. The maximum absolute atomic E-state index is 11.6. The summed E-state index contributed by atoms with van der Waals surface area (Å²) in [6, 6.07) is 8.23. The lowest BCUT2D eigenvalue weighted by molar-refractivity contribution is -0.139. The van der Waals surface area contributed by atoms with Crippen LogP contribution in [-0.2, 0) is 14.6 Å². The number of halogens is 1. The molecule has 25 heavy (non-hydrogen) atoms. The molecular weight excluding hydrogens is 368 g/mol. The van der Waals surface area contributed by atoms with E-state index in [2.05, 4.69) is 11.8 Å². The summed E-state index contributed by atoms with van der Waals surface area (Å²) in [6.45, 7) is -0.550.